The number of carbonyl (C=O) groups is 2. The molecule has 3 rings (SSSR count). The highest BCUT2D eigenvalue weighted by Crippen LogP contribution is 2.35. The third-order valence-electron chi connectivity index (χ3n) is 4.07. The highest BCUT2D eigenvalue weighted by molar-refractivity contribution is 7.92. The first-order valence-corrected chi connectivity index (χ1v) is 11.8. The van der Waals surface area contributed by atoms with Gasteiger partial charge in [-0.05, 0) is 17.7 Å². The van der Waals surface area contributed by atoms with E-state index in [1.807, 2.05) is 36.4 Å². The van der Waals surface area contributed by atoms with Gasteiger partial charge in [-0.1, -0.05) is 30.3 Å². The zero-order chi connectivity index (χ0) is 22.4. The Balaban J connectivity index is 1.84. The maximum absolute atomic E-state index is 12.1. The molecule has 1 heterocycles. The number of nitrogens with zero attached hydrogens (tertiary/aromatic N) is 2. The van der Waals surface area contributed by atoms with Crippen LogP contribution in [0.1, 0.15) is 5.01 Å². The molecule has 11 heteroatoms. The quantitative estimate of drug-likeness (QED) is 0.439. The Morgan fingerprint density at radius 3 is 2.55 bits per heavy atom. The Morgan fingerprint density at radius 2 is 1.87 bits per heavy atom. The Hall–Kier alpha value is -3.49. The molecule has 3 aromatic rings. The van der Waals surface area contributed by atoms with Crippen molar-refractivity contribution in [3.05, 3.63) is 47.5 Å². The molecule has 0 atom stereocenters. The highest BCUT2D eigenvalue weighted by atomic mass is 32.2. The number of anilines is 1. The molecular formula is C20H19N5O4S2. The fourth-order valence-electron chi connectivity index (χ4n) is 2.82. The van der Waals surface area contributed by atoms with E-state index in [-0.39, 0.29) is 25.4 Å². The van der Waals surface area contributed by atoms with Gasteiger partial charge in [0.2, 0.25) is 21.8 Å². The normalized spacial score (nSPS) is 11.0. The molecular weight excluding hydrogens is 438 g/mol. The van der Waals surface area contributed by atoms with Crippen molar-refractivity contribution in [2.45, 2.75) is 6.42 Å². The summed E-state index contributed by atoms with van der Waals surface area (Å²) < 4.78 is 27.0. The molecule has 3 N–H and O–H groups in total. The van der Waals surface area contributed by atoms with Crippen LogP contribution >= 0.6 is 11.3 Å². The van der Waals surface area contributed by atoms with Crippen LogP contribution in [0.5, 0.6) is 0 Å². The van der Waals surface area contributed by atoms with E-state index < -0.39 is 15.9 Å². The summed E-state index contributed by atoms with van der Waals surface area (Å²) in [7, 11) is -3.51. The molecule has 0 aliphatic carbocycles. The Bertz CT molecular complexity index is 1260. The summed E-state index contributed by atoms with van der Waals surface area (Å²) in [4.78, 5) is 28.0. The van der Waals surface area contributed by atoms with Gasteiger partial charge in [0.25, 0.3) is 0 Å². The average molecular weight is 458 g/mol. The van der Waals surface area contributed by atoms with E-state index in [9.17, 15) is 18.0 Å². The molecule has 9 nitrogen and oxygen atoms in total. The van der Waals surface area contributed by atoms with Crippen LogP contribution < -0.4 is 15.4 Å². The summed E-state index contributed by atoms with van der Waals surface area (Å²) in [5.74, 6) is -0.841. The molecule has 0 saturated heterocycles. The van der Waals surface area contributed by atoms with Crippen molar-refractivity contribution in [3.8, 4) is 17.2 Å². The smallest absolute Gasteiger partial charge is 0.240 e. The Morgan fingerprint density at radius 1 is 1.13 bits per heavy atom. The first-order chi connectivity index (χ1) is 14.7. The molecule has 0 radical (unpaired) electrons. The fourth-order valence-corrected chi connectivity index (χ4v) is 4.37. The summed E-state index contributed by atoms with van der Waals surface area (Å²) in [6.45, 7) is -0.355. The lowest BCUT2D eigenvalue weighted by Crippen LogP contribution is -2.37. The number of carbonyl (C=O) groups excluding carboxylic acids is 2. The summed E-state index contributed by atoms with van der Waals surface area (Å²) >= 11 is 1.32. The second kappa shape index (κ2) is 9.55. The van der Waals surface area contributed by atoms with Gasteiger partial charge in [0.15, 0.2) is 0 Å². The number of fused-ring (bicyclic) bond motifs is 1. The monoisotopic (exact) mass is 457 g/mol. The number of benzene rings is 2. The van der Waals surface area contributed by atoms with E-state index in [1.54, 1.807) is 12.1 Å². The average Bonchev–Trinajstić information content (AvgIpc) is 3.10. The maximum atomic E-state index is 12.1. The largest absolute Gasteiger partial charge is 0.347 e. The van der Waals surface area contributed by atoms with E-state index >= 15 is 0 Å². The molecule has 0 bridgehead atoms. The van der Waals surface area contributed by atoms with Crippen LogP contribution in [-0.4, -0.2) is 44.6 Å². The lowest BCUT2D eigenvalue weighted by Gasteiger charge is -2.11. The van der Waals surface area contributed by atoms with Crippen LogP contribution in [0.3, 0.4) is 0 Å². The van der Waals surface area contributed by atoms with Gasteiger partial charge in [-0.2, -0.15) is 5.26 Å². The van der Waals surface area contributed by atoms with Gasteiger partial charge in [-0.15, -0.1) is 11.3 Å². The van der Waals surface area contributed by atoms with Crippen molar-refractivity contribution in [1.82, 2.24) is 15.6 Å². The lowest BCUT2D eigenvalue weighted by atomic mass is 10.0. The van der Waals surface area contributed by atoms with Gasteiger partial charge in [-0.3, -0.25) is 14.3 Å². The summed E-state index contributed by atoms with van der Waals surface area (Å²) in [5, 5.41) is 13.8. The molecule has 31 heavy (non-hydrogen) atoms. The number of hydrogen-bond donors (Lipinski definition) is 3. The summed E-state index contributed by atoms with van der Waals surface area (Å²) in [6.07, 6.45) is 1.05. The van der Waals surface area contributed by atoms with Crippen LogP contribution in [0.4, 0.5) is 5.69 Å². The predicted octanol–water partition coefficient (Wildman–Crippen LogP) is 1.63. The van der Waals surface area contributed by atoms with Crippen molar-refractivity contribution < 1.29 is 18.0 Å². The number of amides is 2. The fraction of sp³-hybridized carbons (Fsp3) is 0.200. The van der Waals surface area contributed by atoms with Gasteiger partial charge >= 0.3 is 0 Å². The van der Waals surface area contributed by atoms with E-state index in [0.717, 1.165) is 16.5 Å². The number of nitriles is 1. The number of rotatable bonds is 8. The van der Waals surface area contributed by atoms with Crippen LogP contribution in [-0.2, 0) is 26.0 Å². The van der Waals surface area contributed by atoms with Crippen molar-refractivity contribution in [3.63, 3.8) is 0 Å². The number of sulfonamides is 1. The Kier molecular flexibility index (Phi) is 6.84. The van der Waals surface area contributed by atoms with Gasteiger partial charge < -0.3 is 10.6 Å². The van der Waals surface area contributed by atoms with Crippen molar-refractivity contribution in [1.29, 1.82) is 5.26 Å². The first kappa shape index (κ1) is 22.2. The molecule has 0 fully saturated rings. The van der Waals surface area contributed by atoms with Gasteiger partial charge in [0.05, 0.1) is 41.2 Å². The standard InChI is InChI=1S/C20H19N5O4S2/c1-31(28,29)25-15-10-16-17(9-14(15)13-5-3-2-4-6-13)30-20(24-16)11-18(26)23-12-19(27)22-8-7-21/h2-6,9-10,25H,8,11-12H2,1H3,(H,22,27)(H,23,26). The predicted molar refractivity (Wildman–Crippen MR) is 119 cm³/mol. The zero-order valence-corrected chi connectivity index (χ0v) is 18.1. The van der Waals surface area contributed by atoms with Gasteiger partial charge in [0, 0.05) is 5.56 Å². The van der Waals surface area contributed by atoms with Crippen molar-refractivity contribution >= 4 is 49.1 Å². The third-order valence-corrected chi connectivity index (χ3v) is 5.68. The molecule has 0 aliphatic rings. The second-order valence-corrected chi connectivity index (χ2v) is 9.47. The number of aromatic nitrogens is 1. The topological polar surface area (TPSA) is 141 Å². The van der Waals surface area contributed by atoms with E-state index in [0.29, 0.717) is 21.8 Å². The van der Waals surface area contributed by atoms with Crippen LogP contribution in [0.15, 0.2) is 42.5 Å². The lowest BCUT2D eigenvalue weighted by molar-refractivity contribution is -0.125. The van der Waals surface area contributed by atoms with Crippen molar-refractivity contribution in [2.75, 3.05) is 24.1 Å². The summed E-state index contributed by atoms with van der Waals surface area (Å²) in [5.41, 5.74) is 2.50. The molecule has 160 valence electrons. The van der Waals surface area contributed by atoms with Gasteiger partial charge in [0.1, 0.15) is 11.6 Å². The second-order valence-electron chi connectivity index (χ2n) is 6.60. The SMILES string of the molecule is CS(=O)(=O)Nc1cc2nc(CC(=O)NCC(=O)NCC#N)sc2cc1-c1ccccc1. The first-order valence-electron chi connectivity index (χ1n) is 9.12. The maximum Gasteiger partial charge on any atom is 0.240 e. The van der Waals surface area contributed by atoms with Gasteiger partial charge in [-0.25, -0.2) is 13.4 Å². The van der Waals surface area contributed by atoms with Crippen LogP contribution in [0, 0.1) is 11.3 Å². The molecule has 0 spiro atoms. The molecule has 0 saturated carbocycles. The number of hydrogen-bond acceptors (Lipinski definition) is 7. The third kappa shape index (κ3) is 6.24. The van der Waals surface area contributed by atoms with E-state index in [2.05, 4.69) is 20.3 Å². The highest BCUT2D eigenvalue weighted by Gasteiger charge is 2.15. The van der Waals surface area contributed by atoms with E-state index in [4.69, 9.17) is 5.26 Å². The van der Waals surface area contributed by atoms with Crippen LogP contribution in [0.2, 0.25) is 0 Å². The van der Waals surface area contributed by atoms with Crippen LogP contribution in [0.25, 0.3) is 21.3 Å². The molecule has 0 aliphatic heterocycles. The number of nitrogens with one attached hydrogen (secondary N) is 3. The summed E-state index contributed by atoms with van der Waals surface area (Å²) in [6, 6.07) is 14.6. The molecule has 0 unspecified atom stereocenters. The van der Waals surface area contributed by atoms with E-state index in [1.165, 1.54) is 11.3 Å². The molecule has 2 amide bonds. The zero-order valence-electron chi connectivity index (χ0n) is 16.5. The molecule has 1 aromatic heterocycles. The number of thiazole rings is 1. The minimum atomic E-state index is -3.51. The minimum absolute atomic E-state index is 0.0274. The minimum Gasteiger partial charge on any atom is -0.347 e. The Labute approximate surface area is 183 Å². The van der Waals surface area contributed by atoms with Crippen molar-refractivity contribution in [2.24, 2.45) is 0 Å². The molecule has 2 aromatic carbocycles.